The highest BCUT2D eigenvalue weighted by molar-refractivity contribution is 4.85. The van der Waals surface area contributed by atoms with Gasteiger partial charge in [-0.1, -0.05) is 20.8 Å². The van der Waals surface area contributed by atoms with E-state index in [-0.39, 0.29) is 17.6 Å². The number of rotatable bonds is 6. The van der Waals surface area contributed by atoms with Crippen LogP contribution < -0.4 is 11.3 Å². The summed E-state index contributed by atoms with van der Waals surface area (Å²) in [6.45, 7) is 9.62. The van der Waals surface area contributed by atoms with Crippen LogP contribution in [0.5, 0.6) is 0 Å². The van der Waals surface area contributed by atoms with Gasteiger partial charge in [0, 0.05) is 13.7 Å². The van der Waals surface area contributed by atoms with Crippen molar-refractivity contribution in [2.45, 2.75) is 39.8 Å². The van der Waals surface area contributed by atoms with Gasteiger partial charge in [-0.05, 0) is 12.3 Å². The van der Waals surface area contributed by atoms with E-state index in [9.17, 15) is 0 Å². The molecule has 0 aliphatic rings. The fraction of sp³-hybridized carbons (Fsp3) is 1.00. The van der Waals surface area contributed by atoms with Crippen LogP contribution in [-0.4, -0.2) is 32.5 Å². The second-order valence-corrected chi connectivity index (χ2v) is 4.47. The molecule has 14 heavy (non-hydrogen) atoms. The van der Waals surface area contributed by atoms with Gasteiger partial charge in [0.2, 0.25) is 0 Å². The van der Waals surface area contributed by atoms with Crippen molar-refractivity contribution >= 4 is 0 Å². The molecule has 0 heterocycles. The predicted octanol–water partition coefficient (Wildman–Crippen LogP) is 0.916. The van der Waals surface area contributed by atoms with E-state index in [1.165, 1.54) is 0 Å². The van der Waals surface area contributed by atoms with Crippen molar-refractivity contribution in [3.05, 3.63) is 0 Å². The van der Waals surface area contributed by atoms with Gasteiger partial charge in [0.15, 0.2) is 0 Å². The number of methoxy groups -OCH3 is 1. The van der Waals surface area contributed by atoms with Crippen LogP contribution in [0.15, 0.2) is 0 Å². The summed E-state index contributed by atoms with van der Waals surface area (Å²) >= 11 is 0. The zero-order valence-electron chi connectivity index (χ0n) is 9.96. The molecule has 0 aliphatic carbocycles. The SMILES string of the molecule is CCOC(C(COC)NN)C(C)(C)C. The molecule has 0 spiro atoms. The molecular weight excluding hydrogens is 180 g/mol. The Morgan fingerprint density at radius 1 is 1.36 bits per heavy atom. The third-order valence-electron chi connectivity index (χ3n) is 2.13. The van der Waals surface area contributed by atoms with Crippen molar-refractivity contribution in [3.63, 3.8) is 0 Å². The normalized spacial score (nSPS) is 16.7. The lowest BCUT2D eigenvalue weighted by atomic mass is 9.85. The maximum absolute atomic E-state index is 5.69. The number of ether oxygens (including phenoxy) is 2. The van der Waals surface area contributed by atoms with Gasteiger partial charge in [0.1, 0.15) is 0 Å². The van der Waals surface area contributed by atoms with Crippen LogP contribution in [-0.2, 0) is 9.47 Å². The number of hydrazine groups is 1. The maximum Gasteiger partial charge on any atom is 0.0811 e. The summed E-state index contributed by atoms with van der Waals surface area (Å²) in [7, 11) is 1.66. The van der Waals surface area contributed by atoms with E-state index in [1.54, 1.807) is 7.11 Å². The Morgan fingerprint density at radius 2 is 1.93 bits per heavy atom. The minimum Gasteiger partial charge on any atom is -0.383 e. The lowest BCUT2D eigenvalue weighted by Crippen LogP contribution is -2.53. The summed E-state index contributed by atoms with van der Waals surface area (Å²) in [5.41, 5.74) is 2.79. The largest absolute Gasteiger partial charge is 0.383 e. The molecule has 3 N–H and O–H groups in total. The second-order valence-electron chi connectivity index (χ2n) is 4.47. The smallest absolute Gasteiger partial charge is 0.0811 e. The lowest BCUT2D eigenvalue weighted by molar-refractivity contribution is -0.0511. The number of hydrogen-bond donors (Lipinski definition) is 2. The molecule has 0 aromatic heterocycles. The monoisotopic (exact) mass is 204 g/mol. The van der Waals surface area contributed by atoms with Gasteiger partial charge in [-0.2, -0.15) is 0 Å². The van der Waals surface area contributed by atoms with E-state index in [2.05, 4.69) is 26.2 Å². The second kappa shape index (κ2) is 6.35. The van der Waals surface area contributed by atoms with E-state index < -0.39 is 0 Å². The Morgan fingerprint density at radius 3 is 2.21 bits per heavy atom. The molecule has 0 aromatic carbocycles. The summed E-state index contributed by atoms with van der Waals surface area (Å²) in [6, 6.07) is 0.0277. The fourth-order valence-corrected chi connectivity index (χ4v) is 1.55. The quantitative estimate of drug-likeness (QED) is 0.499. The Hall–Kier alpha value is -0.160. The molecule has 0 aromatic rings. The zero-order valence-corrected chi connectivity index (χ0v) is 9.96. The minimum atomic E-state index is 0.0277. The van der Waals surface area contributed by atoms with Crippen molar-refractivity contribution < 1.29 is 9.47 Å². The van der Waals surface area contributed by atoms with Gasteiger partial charge in [0.05, 0.1) is 18.8 Å². The first-order valence-corrected chi connectivity index (χ1v) is 5.04. The third-order valence-corrected chi connectivity index (χ3v) is 2.13. The maximum atomic E-state index is 5.69. The molecule has 2 unspecified atom stereocenters. The minimum absolute atomic E-state index is 0.0277. The predicted molar refractivity (Wildman–Crippen MR) is 57.9 cm³/mol. The number of nitrogens with two attached hydrogens (primary N) is 1. The summed E-state index contributed by atoms with van der Waals surface area (Å²) in [5, 5.41) is 0. The lowest BCUT2D eigenvalue weighted by Gasteiger charge is -2.36. The Balaban J connectivity index is 4.43. The molecule has 0 saturated heterocycles. The van der Waals surface area contributed by atoms with Crippen molar-refractivity contribution in [2.24, 2.45) is 11.3 Å². The van der Waals surface area contributed by atoms with E-state index in [4.69, 9.17) is 15.3 Å². The van der Waals surface area contributed by atoms with Gasteiger partial charge in [-0.25, -0.2) is 0 Å². The first-order valence-electron chi connectivity index (χ1n) is 5.04. The molecule has 0 saturated carbocycles. The van der Waals surface area contributed by atoms with Gasteiger partial charge >= 0.3 is 0 Å². The van der Waals surface area contributed by atoms with Gasteiger partial charge in [0.25, 0.3) is 0 Å². The van der Waals surface area contributed by atoms with Crippen LogP contribution in [0.3, 0.4) is 0 Å². The van der Waals surface area contributed by atoms with Crippen LogP contribution in [0, 0.1) is 5.41 Å². The van der Waals surface area contributed by atoms with Gasteiger partial charge in [-0.3, -0.25) is 11.3 Å². The van der Waals surface area contributed by atoms with Crippen molar-refractivity contribution in [3.8, 4) is 0 Å². The average molecular weight is 204 g/mol. The Labute approximate surface area is 87.1 Å². The van der Waals surface area contributed by atoms with Crippen molar-refractivity contribution in [1.82, 2.24) is 5.43 Å². The molecule has 0 aliphatic heterocycles. The third kappa shape index (κ3) is 4.37. The number of hydrogen-bond acceptors (Lipinski definition) is 4. The molecule has 4 nitrogen and oxygen atoms in total. The van der Waals surface area contributed by atoms with Gasteiger partial charge < -0.3 is 9.47 Å². The molecule has 0 radical (unpaired) electrons. The van der Waals surface area contributed by atoms with Crippen LogP contribution in [0.1, 0.15) is 27.7 Å². The molecular formula is C10H24N2O2. The summed E-state index contributed by atoms with van der Waals surface area (Å²) in [5.74, 6) is 5.48. The topological polar surface area (TPSA) is 56.5 Å². The first kappa shape index (κ1) is 13.8. The fourth-order valence-electron chi connectivity index (χ4n) is 1.55. The highest BCUT2D eigenvalue weighted by atomic mass is 16.5. The van der Waals surface area contributed by atoms with Crippen molar-refractivity contribution in [2.75, 3.05) is 20.3 Å². The molecule has 2 atom stereocenters. The van der Waals surface area contributed by atoms with E-state index in [0.717, 1.165) is 0 Å². The van der Waals surface area contributed by atoms with E-state index in [0.29, 0.717) is 13.2 Å². The van der Waals surface area contributed by atoms with E-state index in [1.807, 2.05) is 6.92 Å². The first-order chi connectivity index (χ1) is 6.47. The van der Waals surface area contributed by atoms with Gasteiger partial charge in [-0.15, -0.1) is 0 Å². The highest BCUT2D eigenvalue weighted by Crippen LogP contribution is 2.24. The zero-order chi connectivity index (χ0) is 11.2. The van der Waals surface area contributed by atoms with Crippen LogP contribution in [0.2, 0.25) is 0 Å². The standard InChI is InChI=1S/C10H24N2O2/c1-6-14-9(10(2,3)4)8(12-11)7-13-5/h8-9,12H,6-7,11H2,1-5H3. The Kier molecular flexibility index (Phi) is 6.27. The average Bonchev–Trinajstić information content (AvgIpc) is 2.09. The van der Waals surface area contributed by atoms with Crippen molar-refractivity contribution in [1.29, 1.82) is 0 Å². The molecule has 0 rings (SSSR count). The molecule has 0 bridgehead atoms. The van der Waals surface area contributed by atoms with Crippen LogP contribution >= 0.6 is 0 Å². The Bertz CT molecular complexity index is 146. The summed E-state index contributed by atoms with van der Waals surface area (Å²) in [6.07, 6.45) is 0.0532. The summed E-state index contributed by atoms with van der Waals surface area (Å²) in [4.78, 5) is 0. The number of nitrogens with one attached hydrogen (secondary N) is 1. The molecule has 0 fully saturated rings. The van der Waals surface area contributed by atoms with Crippen LogP contribution in [0.25, 0.3) is 0 Å². The van der Waals surface area contributed by atoms with Crippen LogP contribution in [0.4, 0.5) is 0 Å². The summed E-state index contributed by atoms with van der Waals surface area (Å²) < 4.78 is 10.8. The molecule has 0 amide bonds. The highest BCUT2D eigenvalue weighted by Gasteiger charge is 2.32. The van der Waals surface area contributed by atoms with E-state index >= 15 is 0 Å². The molecule has 86 valence electrons. The molecule has 4 heteroatoms.